The summed E-state index contributed by atoms with van der Waals surface area (Å²) < 4.78 is 16.0. The molecule has 14 rings (SSSR count). The van der Waals surface area contributed by atoms with Crippen molar-refractivity contribution in [1.29, 1.82) is 0 Å². The van der Waals surface area contributed by atoms with Crippen LogP contribution in [0.5, 0.6) is 0 Å². The third-order valence-electron chi connectivity index (χ3n) is 13.3. The molecule has 0 fully saturated rings. The molecule has 1 aliphatic heterocycles. The van der Waals surface area contributed by atoms with E-state index in [1.165, 1.54) is 38.5 Å². The monoisotopic (exact) mass is 816 g/mol. The Bertz CT molecular complexity index is 4020. The molecular weight excluding hydrogens is 781 g/mol. The predicted octanol–water partition coefficient (Wildman–Crippen LogP) is 17.0. The van der Waals surface area contributed by atoms with Crippen molar-refractivity contribution in [3.05, 3.63) is 218 Å². The SMILES string of the molecule is c1ccc(-c2ccc(N(c3cccc(-c4ccc5c(c4)-c4ccc6c(oc7ccccc76)c4-c4cccc6c7ccccc7n-5c46)c3)c3cccc4c3oc3ccccc34)cc2)cc1. The van der Waals surface area contributed by atoms with Gasteiger partial charge in [-0.1, -0.05) is 152 Å². The Morgan fingerprint density at radius 2 is 0.953 bits per heavy atom. The van der Waals surface area contributed by atoms with Crippen molar-refractivity contribution in [2.24, 2.45) is 0 Å². The lowest BCUT2D eigenvalue weighted by Gasteiger charge is -2.26. The van der Waals surface area contributed by atoms with E-state index in [0.717, 1.165) is 94.4 Å². The van der Waals surface area contributed by atoms with Crippen LogP contribution in [-0.4, -0.2) is 4.57 Å². The Morgan fingerprint density at radius 3 is 1.78 bits per heavy atom. The molecule has 1 aliphatic rings. The van der Waals surface area contributed by atoms with Crippen LogP contribution in [0.15, 0.2) is 227 Å². The molecule has 0 unspecified atom stereocenters. The molecule has 0 spiro atoms. The number of anilines is 3. The molecular formula is C60H36N2O2. The highest BCUT2D eigenvalue weighted by atomic mass is 16.3. The average molecular weight is 817 g/mol. The summed E-state index contributed by atoms with van der Waals surface area (Å²) in [5, 5.41) is 6.91. The normalized spacial score (nSPS) is 12.1. The summed E-state index contributed by atoms with van der Waals surface area (Å²) in [7, 11) is 0. The van der Waals surface area contributed by atoms with Gasteiger partial charge in [0.15, 0.2) is 5.58 Å². The highest BCUT2D eigenvalue weighted by Crippen LogP contribution is 2.51. The molecule has 0 saturated heterocycles. The van der Waals surface area contributed by atoms with E-state index in [2.05, 4.69) is 222 Å². The first-order valence-corrected chi connectivity index (χ1v) is 21.8. The van der Waals surface area contributed by atoms with Crippen molar-refractivity contribution in [2.45, 2.75) is 0 Å². The Kier molecular flexibility index (Phi) is 7.36. The number of fused-ring (bicyclic) bond motifs is 15. The van der Waals surface area contributed by atoms with Gasteiger partial charge >= 0.3 is 0 Å². The van der Waals surface area contributed by atoms with Crippen LogP contribution in [0.3, 0.4) is 0 Å². The number of rotatable bonds is 5. The standard InChI is InChI=1S/C60H36N2O2/c1-2-13-37(14-3-1)38-27-30-41(31-28-38)61(54-24-12-21-48-44-18-5-8-25-55(44)63-59(48)54)42-16-10-15-39(35-42)40-29-34-53-51(36-40)46-32-33-49-45-19-6-9-26-56(45)64-60(49)57(46)50-22-11-20-47-43-17-4-7-23-52(43)62(53)58(47)50/h1-36H. The van der Waals surface area contributed by atoms with Crippen LogP contribution in [0.1, 0.15) is 0 Å². The fourth-order valence-electron chi connectivity index (χ4n) is 10.5. The van der Waals surface area contributed by atoms with Crippen LogP contribution in [0.4, 0.5) is 17.1 Å². The highest BCUT2D eigenvalue weighted by Gasteiger charge is 2.28. The Balaban J connectivity index is 0.989. The summed E-state index contributed by atoms with van der Waals surface area (Å²) in [5.41, 5.74) is 19.3. The van der Waals surface area contributed by atoms with E-state index >= 15 is 0 Å². The average Bonchev–Trinajstić information content (AvgIpc) is 4.02. The van der Waals surface area contributed by atoms with Gasteiger partial charge in [-0.15, -0.1) is 0 Å². The third kappa shape index (κ3) is 5.05. The number of benzene rings is 10. The van der Waals surface area contributed by atoms with Crippen molar-refractivity contribution in [1.82, 2.24) is 4.57 Å². The molecule has 4 nitrogen and oxygen atoms in total. The summed E-state index contributed by atoms with van der Waals surface area (Å²) in [6, 6.07) is 78.5. The second kappa shape index (κ2) is 13.4. The fourth-order valence-corrected chi connectivity index (χ4v) is 10.5. The van der Waals surface area contributed by atoms with E-state index in [1.807, 2.05) is 6.07 Å². The van der Waals surface area contributed by atoms with Crippen molar-refractivity contribution >= 4 is 82.7 Å². The summed E-state index contributed by atoms with van der Waals surface area (Å²) >= 11 is 0. The Hall–Kier alpha value is -8.60. The second-order valence-electron chi connectivity index (χ2n) is 16.8. The summed E-state index contributed by atoms with van der Waals surface area (Å²) in [5.74, 6) is 0. The van der Waals surface area contributed by atoms with Crippen molar-refractivity contribution < 1.29 is 8.83 Å². The molecule has 13 aromatic rings. The first kappa shape index (κ1) is 35.0. The quantitative estimate of drug-likeness (QED) is 0.174. The molecule has 0 radical (unpaired) electrons. The van der Waals surface area contributed by atoms with Crippen LogP contribution in [0.2, 0.25) is 0 Å². The molecule has 4 heterocycles. The molecule has 64 heavy (non-hydrogen) atoms. The minimum absolute atomic E-state index is 0.851. The van der Waals surface area contributed by atoms with E-state index in [9.17, 15) is 0 Å². The molecule has 0 atom stereocenters. The molecule has 298 valence electrons. The van der Waals surface area contributed by atoms with Crippen molar-refractivity contribution in [3.63, 3.8) is 0 Å². The molecule has 0 saturated carbocycles. The summed E-state index contributed by atoms with van der Waals surface area (Å²) in [6.45, 7) is 0. The molecule has 3 aromatic heterocycles. The van der Waals surface area contributed by atoms with E-state index in [4.69, 9.17) is 8.83 Å². The van der Waals surface area contributed by atoms with Gasteiger partial charge in [-0.3, -0.25) is 0 Å². The van der Waals surface area contributed by atoms with Gasteiger partial charge in [-0.05, 0) is 94.5 Å². The van der Waals surface area contributed by atoms with E-state index in [-0.39, 0.29) is 0 Å². The van der Waals surface area contributed by atoms with Gasteiger partial charge < -0.3 is 18.3 Å². The van der Waals surface area contributed by atoms with Crippen LogP contribution < -0.4 is 4.90 Å². The number of para-hydroxylation sites is 5. The zero-order valence-electron chi connectivity index (χ0n) is 34.5. The molecule has 0 bridgehead atoms. The van der Waals surface area contributed by atoms with Gasteiger partial charge in [0.05, 0.1) is 22.4 Å². The van der Waals surface area contributed by atoms with Gasteiger partial charge in [0.25, 0.3) is 0 Å². The third-order valence-corrected chi connectivity index (χ3v) is 13.3. The smallest absolute Gasteiger partial charge is 0.159 e. The molecule has 0 amide bonds. The van der Waals surface area contributed by atoms with E-state index in [0.29, 0.717) is 0 Å². The number of nitrogens with zero attached hydrogens (tertiary/aromatic N) is 2. The minimum Gasteiger partial charge on any atom is -0.455 e. The first-order valence-electron chi connectivity index (χ1n) is 21.8. The highest BCUT2D eigenvalue weighted by molar-refractivity contribution is 6.21. The number of hydrogen-bond acceptors (Lipinski definition) is 3. The lowest BCUT2D eigenvalue weighted by Crippen LogP contribution is -2.10. The first-order chi connectivity index (χ1) is 31.7. The zero-order valence-corrected chi connectivity index (χ0v) is 34.5. The topological polar surface area (TPSA) is 34.5 Å². The lowest BCUT2D eigenvalue weighted by molar-refractivity contribution is 0.669. The molecule has 0 N–H and O–H groups in total. The van der Waals surface area contributed by atoms with Gasteiger partial charge in [0.1, 0.15) is 16.7 Å². The predicted molar refractivity (Wildman–Crippen MR) is 265 cm³/mol. The number of aromatic nitrogens is 1. The van der Waals surface area contributed by atoms with E-state index < -0.39 is 0 Å². The zero-order chi connectivity index (χ0) is 41.9. The Labute approximate surface area is 368 Å². The lowest BCUT2D eigenvalue weighted by atomic mass is 9.90. The van der Waals surface area contributed by atoms with Crippen LogP contribution in [-0.2, 0) is 0 Å². The largest absolute Gasteiger partial charge is 0.455 e. The number of hydrogen-bond donors (Lipinski definition) is 0. The van der Waals surface area contributed by atoms with Gasteiger partial charge in [-0.2, -0.15) is 0 Å². The maximum Gasteiger partial charge on any atom is 0.159 e. The van der Waals surface area contributed by atoms with Crippen LogP contribution in [0, 0.1) is 0 Å². The fraction of sp³-hybridized carbons (Fsp3) is 0. The van der Waals surface area contributed by atoms with Crippen molar-refractivity contribution in [2.75, 3.05) is 4.90 Å². The summed E-state index contributed by atoms with van der Waals surface area (Å²) in [6.07, 6.45) is 0. The van der Waals surface area contributed by atoms with Gasteiger partial charge in [0.2, 0.25) is 0 Å². The van der Waals surface area contributed by atoms with Crippen LogP contribution in [0.25, 0.3) is 116 Å². The molecule has 4 heteroatoms. The van der Waals surface area contributed by atoms with Gasteiger partial charge in [-0.25, -0.2) is 0 Å². The van der Waals surface area contributed by atoms with E-state index in [1.54, 1.807) is 0 Å². The van der Waals surface area contributed by atoms with Crippen molar-refractivity contribution in [3.8, 4) is 50.2 Å². The Morgan fingerprint density at radius 1 is 0.344 bits per heavy atom. The molecule has 10 aromatic carbocycles. The van der Waals surface area contributed by atoms with Crippen LogP contribution >= 0.6 is 0 Å². The van der Waals surface area contributed by atoms with Gasteiger partial charge in [0, 0.05) is 60.4 Å². The minimum atomic E-state index is 0.851. The summed E-state index contributed by atoms with van der Waals surface area (Å²) in [4.78, 5) is 2.33. The maximum absolute atomic E-state index is 6.84. The second-order valence-corrected chi connectivity index (χ2v) is 16.8. The maximum atomic E-state index is 6.84. The number of furan rings is 2. The molecule has 0 aliphatic carbocycles.